The fourth-order valence-electron chi connectivity index (χ4n) is 1.82. The molecule has 0 bridgehead atoms. The first-order chi connectivity index (χ1) is 10.1. The first kappa shape index (κ1) is 16.6. The second-order valence-corrected chi connectivity index (χ2v) is 6.30. The van der Waals surface area contributed by atoms with Gasteiger partial charge in [-0.2, -0.15) is 0 Å². The molecule has 0 atom stereocenters. The Labute approximate surface area is 143 Å². The van der Waals surface area contributed by atoms with Crippen LogP contribution in [0.1, 0.15) is 18.9 Å². The minimum atomic E-state index is 0.657. The van der Waals surface area contributed by atoms with E-state index in [9.17, 15) is 0 Å². The lowest BCUT2D eigenvalue weighted by atomic mass is 10.2. The molecular formula is C16H16BrCl2NO. The summed E-state index contributed by atoms with van der Waals surface area (Å²) in [6.45, 7) is 3.87. The molecule has 0 saturated heterocycles. The van der Waals surface area contributed by atoms with Gasteiger partial charge >= 0.3 is 0 Å². The number of hydrogen-bond donors (Lipinski definition) is 1. The summed E-state index contributed by atoms with van der Waals surface area (Å²) in [7, 11) is 0. The second kappa shape index (κ2) is 8.04. The molecule has 0 aromatic heterocycles. The van der Waals surface area contributed by atoms with Gasteiger partial charge in [-0.25, -0.2) is 0 Å². The Bertz CT molecular complexity index is 619. The van der Waals surface area contributed by atoms with Crippen molar-refractivity contribution in [2.75, 3.05) is 6.54 Å². The van der Waals surface area contributed by atoms with Crippen molar-refractivity contribution in [3.8, 4) is 11.5 Å². The van der Waals surface area contributed by atoms with Crippen molar-refractivity contribution in [3.63, 3.8) is 0 Å². The maximum atomic E-state index is 6.29. The minimum absolute atomic E-state index is 0.657. The molecule has 2 aromatic rings. The molecule has 112 valence electrons. The highest BCUT2D eigenvalue weighted by Crippen LogP contribution is 2.33. The number of ether oxygens (including phenoxy) is 1. The molecule has 0 spiro atoms. The van der Waals surface area contributed by atoms with E-state index in [4.69, 9.17) is 27.9 Å². The summed E-state index contributed by atoms with van der Waals surface area (Å²) < 4.78 is 6.62. The van der Waals surface area contributed by atoms with Crippen molar-refractivity contribution >= 4 is 39.1 Å². The predicted molar refractivity (Wildman–Crippen MR) is 92.7 cm³/mol. The molecule has 0 radical (unpaired) electrons. The lowest BCUT2D eigenvalue weighted by Crippen LogP contribution is -2.13. The van der Waals surface area contributed by atoms with Crippen molar-refractivity contribution in [1.29, 1.82) is 0 Å². The molecule has 0 aliphatic carbocycles. The monoisotopic (exact) mass is 387 g/mol. The number of hydrogen-bond acceptors (Lipinski definition) is 2. The van der Waals surface area contributed by atoms with Gasteiger partial charge in [0.25, 0.3) is 0 Å². The number of halogens is 3. The van der Waals surface area contributed by atoms with E-state index in [0.29, 0.717) is 21.5 Å². The van der Waals surface area contributed by atoms with Crippen LogP contribution in [-0.4, -0.2) is 6.54 Å². The van der Waals surface area contributed by atoms with Gasteiger partial charge in [0.2, 0.25) is 0 Å². The number of rotatable bonds is 6. The van der Waals surface area contributed by atoms with Crippen LogP contribution < -0.4 is 10.1 Å². The molecule has 0 heterocycles. The van der Waals surface area contributed by atoms with Crippen molar-refractivity contribution in [1.82, 2.24) is 5.32 Å². The van der Waals surface area contributed by atoms with Crippen molar-refractivity contribution < 1.29 is 4.74 Å². The highest BCUT2D eigenvalue weighted by Gasteiger charge is 2.06. The molecule has 21 heavy (non-hydrogen) atoms. The fourth-order valence-corrected chi connectivity index (χ4v) is 2.82. The van der Waals surface area contributed by atoms with Crippen LogP contribution in [0.3, 0.4) is 0 Å². The smallest absolute Gasteiger partial charge is 0.141 e. The summed E-state index contributed by atoms with van der Waals surface area (Å²) in [6.07, 6.45) is 1.10. The van der Waals surface area contributed by atoms with Crippen LogP contribution in [0.5, 0.6) is 11.5 Å². The highest BCUT2D eigenvalue weighted by molar-refractivity contribution is 9.10. The summed E-state index contributed by atoms with van der Waals surface area (Å²) in [4.78, 5) is 0. The van der Waals surface area contributed by atoms with Gasteiger partial charge in [-0.15, -0.1) is 0 Å². The van der Waals surface area contributed by atoms with Crippen LogP contribution in [0.2, 0.25) is 10.0 Å². The molecule has 0 aliphatic heterocycles. The normalized spacial score (nSPS) is 10.7. The second-order valence-electron chi connectivity index (χ2n) is 4.61. The maximum absolute atomic E-state index is 6.29. The van der Waals surface area contributed by atoms with Crippen molar-refractivity contribution in [2.24, 2.45) is 0 Å². The summed E-state index contributed by atoms with van der Waals surface area (Å²) in [6, 6.07) is 11.1. The Morgan fingerprint density at radius 3 is 2.62 bits per heavy atom. The lowest BCUT2D eigenvalue weighted by molar-refractivity contribution is 0.479. The Morgan fingerprint density at radius 1 is 1.14 bits per heavy atom. The average molecular weight is 389 g/mol. The van der Waals surface area contributed by atoms with E-state index in [2.05, 4.69) is 28.2 Å². The summed E-state index contributed by atoms with van der Waals surface area (Å²) in [5.41, 5.74) is 1.06. The molecule has 5 heteroatoms. The third kappa shape index (κ3) is 4.89. The van der Waals surface area contributed by atoms with E-state index in [1.807, 2.05) is 24.3 Å². The standard InChI is InChI=1S/C16H16BrCl2NO/c1-2-7-20-10-11-3-5-13(9-15(11)19)21-16-6-4-12(18)8-14(16)17/h3-6,8-9,20H,2,7,10H2,1H3. The molecule has 0 fully saturated rings. The van der Waals surface area contributed by atoms with Crippen LogP contribution in [0, 0.1) is 0 Å². The van der Waals surface area contributed by atoms with Gasteiger partial charge in [0.05, 0.1) is 4.47 Å². The van der Waals surface area contributed by atoms with E-state index in [1.54, 1.807) is 12.1 Å². The minimum Gasteiger partial charge on any atom is -0.456 e. The van der Waals surface area contributed by atoms with Gasteiger partial charge in [-0.3, -0.25) is 0 Å². The van der Waals surface area contributed by atoms with Crippen LogP contribution >= 0.6 is 39.1 Å². The molecule has 0 saturated carbocycles. The zero-order valence-corrected chi connectivity index (χ0v) is 14.7. The molecule has 0 amide bonds. The molecule has 2 rings (SSSR count). The largest absolute Gasteiger partial charge is 0.456 e. The Morgan fingerprint density at radius 2 is 1.95 bits per heavy atom. The van der Waals surface area contributed by atoms with Crippen LogP contribution in [-0.2, 0) is 6.54 Å². The van der Waals surface area contributed by atoms with Crippen molar-refractivity contribution in [2.45, 2.75) is 19.9 Å². The van der Waals surface area contributed by atoms with E-state index < -0.39 is 0 Å². The quantitative estimate of drug-likeness (QED) is 0.608. The van der Waals surface area contributed by atoms with E-state index in [-0.39, 0.29) is 0 Å². The number of nitrogens with one attached hydrogen (secondary N) is 1. The molecule has 0 unspecified atom stereocenters. The van der Waals surface area contributed by atoms with E-state index in [0.717, 1.165) is 29.5 Å². The zero-order chi connectivity index (χ0) is 15.2. The predicted octanol–water partition coefficient (Wildman–Crippen LogP) is 6.05. The van der Waals surface area contributed by atoms with Gasteiger partial charge in [-0.1, -0.05) is 36.2 Å². The lowest BCUT2D eigenvalue weighted by Gasteiger charge is -2.11. The highest BCUT2D eigenvalue weighted by atomic mass is 79.9. The maximum Gasteiger partial charge on any atom is 0.141 e. The summed E-state index contributed by atoms with van der Waals surface area (Å²) in [5, 5.41) is 4.68. The molecule has 1 N–H and O–H groups in total. The first-order valence-electron chi connectivity index (χ1n) is 6.72. The van der Waals surface area contributed by atoms with Gasteiger partial charge in [0.15, 0.2) is 0 Å². The Hall–Kier alpha value is -0.740. The SMILES string of the molecule is CCCNCc1ccc(Oc2ccc(Cl)cc2Br)cc1Cl. The van der Waals surface area contributed by atoms with Gasteiger partial charge in [0.1, 0.15) is 11.5 Å². The fraction of sp³-hybridized carbons (Fsp3) is 0.250. The van der Waals surface area contributed by atoms with Crippen LogP contribution in [0.15, 0.2) is 40.9 Å². The number of benzene rings is 2. The van der Waals surface area contributed by atoms with E-state index in [1.165, 1.54) is 0 Å². The Kier molecular flexibility index (Phi) is 6.37. The van der Waals surface area contributed by atoms with E-state index >= 15 is 0 Å². The summed E-state index contributed by atoms with van der Waals surface area (Å²) in [5.74, 6) is 1.40. The first-order valence-corrected chi connectivity index (χ1v) is 8.27. The topological polar surface area (TPSA) is 21.3 Å². The third-order valence-corrected chi connectivity index (χ3v) is 4.10. The summed E-state index contributed by atoms with van der Waals surface area (Å²) >= 11 is 15.6. The van der Waals surface area contributed by atoms with Crippen LogP contribution in [0.4, 0.5) is 0 Å². The van der Waals surface area contributed by atoms with Crippen molar-refractivity contribution in [3.05, 3.63) is 56.5 Å². The average Bonchev–Trinajstić information content (AvgIpc) is 2.44. The zero-order valence-electron chi connectivity index (χ0n) is 11.6. The van der Waals surface area contributed by atoms with Gasteiger partial charge in [-0.05, 0) is 64.8 Å². The Balaban J connectivity index is 2.09. The van der Waals surface area contributed by atoms with Crippen LogP contribution in [0.25, 0.3) is 0 Å². The molecule has 2 nitrogen and oxygen atoms in total. The van der Waals surface area contributed by atoms with Gasteiger partial charge < -0.3 is 10.1 Å². The van der Waals surface area contributed by atoms with Gasteiger partial charge in [0, 0.05) is 16.6 Å². The molecule has 2 aromatic carbocycles. The molecular weight excluding hydrogens is 373 g/mol. The molecule has 0 aliphatic rings. The third-order valence-electron chi connectivity index (χ3n) is 2.89.